The van der Waals surface area contributed by atoms with Gasteiger partial charge in [-0.25, -0.2) is 8.42 Å². The zero-order valence-electron chi connectivity index (χ0n) is 13.7. The predicted octanol–water partition coefficient (Wildman–Crippen LogP) is 2.29. The van der Waals surface area contributed by atoms with Crippen LogP contribution >= 0.6 is 0 Å². The average molecular weight is 348 g/mol. The van der Waals surface area contributed by atoms with Crippen molar-refractivity contribution in [1.82, 2.24) is 10.1 Å². The zero-order chi connectivity index (χ0) is 17.3. The van der Waals surface area contributed by atoms with Crippen molar-refractivity contribution in [3.8, 4) is 0 Å². The van der Waals surface area contributed by atoms with Crippen LogP contribution in [-0.2, 0) is 9.84 Å². The fraction of sp³-hybridized carbons (Fsp3) is 0.412. The molecular formula is C17H20N2O4S. The van der Waals surface area contributed by atoms with E-state index in [1.165, 1.54) is 0 Å². The molecule has 0 spiro atoms. The molecule has 1 unspecified atom stereocenters. The molecule has 1 atom stereocenters. The second-order valence-electron chi connectivity index (χ2n) is 6.05. The second kappa shape index (κ2) is 6.39. The molecule has 1 aliphatic rings. The Morgan fingerprint density at radius 2 is 1.92 bits per heavy atom. The van der Waals surface area contributed by atoms with Crippen LogP contribution in [-0.4, -0.2) is 43.2 Å². The first kappa shape index (κ1) is 16.7. The van der Waals surface area contributed by atoms with E-state index in [-0.39, 0.29) is 18.2 Å². The summed E-state index contributed by atoms with van der Waals surface area (Å²) in [6.07, 6.45) is 0.390. The maximum Gasteiger partial charge on any atom is 0.259 e. The SMILES string of the molecule is Cc1noc(C)c1C(=O)N1CCC(c2ccccc2)S(=O)(=O)CC1. The number of sulfone groups is 1. The van der Waals surface area contributed by atoms with Crippen molar-refractivity contribution in [2.75, 3.05) is 18.8 Å². The lowest BCUT2D eigenvalue weighted by atomic mass is 10.1. The molecule has 128 valence electrons. The number of hydrogen-bond acceptors (Lipinski definition) is 5. The van der Waals surface area contributed by atoms with Crippen LogP contribution in [0.4, 0.5) is 0 Å². The summed E-state index contributed by atoms with van der Waals surface area (Å²) in [6.45, 7) is 3.98. The van der Waals surface area contributed by atoms with E-state index < -0.39 is 15.1 Å². The zero-order valence-corrected chi connectivity index (χ0v) is 14.5. The molecule has 0 saturated carbocycles. The van der Waals surface area contributed by atoms with Crippen LogP contribution < -0.4 is 0 Å². The first-order chi connectivity index (χ1) is 11.4. The van der Waals surface area contributed by atoms with Gasteiger partial charge in [-0.2, -0.15) is 0 Å². The lowest BCUT2D eigenvalue weighted by molar-refractivity contribution is 0.0764. The number of amides is 1. The van der Waals surface area contributed by atoms with Crippen LogP contribution in [0.5, 0.6) is 0 Å². The van der Waals surface area contributed by atoms with Gasteiger partial charge in [0.25, 0.3) is 5.91 Å². The summed E-state index contributed by atoms with van der Waals surface area (Å²) in [5.41, 5.74) is 1.75. The molecule has 1 aliphatic heterocycles. The Labute approximate surface area is 141 Å². The van der Waals surface area contributed by atoms with Gasteiger partial charge in [0.1, 0.15) is 11.3 Å². The molecule has 24 heavy (non-hydrogen) atoms. The van der Waals surface area contributed by atoms with E-state index in [9.17, 15) is 13.2 Å². The lowest BCUT2D eigenvalue weighted by Crippen LogP contribution is -2.34. The van der Waals surface area contributed by atoms with Crippen molar-refractivity contribution < 1.29 is 17.7 Å². The minimum absolute atomic E-state index is 0.0400. The van der Waals surface area contributed by atoms with E-state index in [1.54, 1.807) is 18.7 Å². The van der Waals surface area contributed by atoms with Crippen LogP contribution in [0.25, 0.3) is 0 Å². The standard InChI is InChI=1S/C17H20N2O4S/c1-12-16(13(2)23-18-12)17(20)19-9-8-15(24(21,22)11-10-19)14-6-4-3-5-7-14/h3-7,15H,8-11H2,1-2H3. The van der Waals surface area contributed by atoms with Gasteiger partial charge in [0, 0.05) is 13.1 Å². The largest absolute Gasteiger partial charge is 0.361 e. The predicted molar refractivity (Wildman–Crippen MR) is 89.5 cm³/mol. The fourth-order valence-electron chi connectivity index (χ4n) is 3.14. The topological polar surface area (TPSA) is 80.5 Å². The van der Waals surface area contributed by atoms with Crippen molar-refractivity contribution in [3.05, 3.63) is 52.9 Å². The third kappa shape index (κ3) is 3.08. The molecule has 3 rings (SSSR count). The summed E-state index contributed by atoms with van der Waals surface area (Å²) in [7, 11) is -3.30. The Hall–Kier alpha value is -2.15. The average Bonchev–Trinajstić information content (AvgIpc) is 2.80. The van der Waals surface area contributed by atoms with Gasteiger partial charge >= 0.3 is 0 Å². The molecule has 1 amide bonds. The van der Waals surface area contributed by atoms with Gasteiger partial charge in [-0.05, 0) is 25.8 Å². The minimum Gasteiger partial charge on any atom is -0.361 e. The number of aryl methyl sites for hydroxylation is 2. The number of carbonyl (C=O) groups is 1. The third-order valence-electron chi connectivity index (χ3n) is 4.45. The van der Waals surface area contributed by atoms with E-state index in [4.69, 9.17) is 4.52 Å². The van der Waals surface area contributed by atoms with Crippen LogP contribution in [0, 0.1) is 13.8 Å². The molecule has 1 aromatic heterocycles. The molecule has 0 radical (unpaired) electrons. The van der Waals surface area contributed by atoms with Gasteiger partial charge in [0.2, 0.25) is 0 Å². The molecule has 2 aromatic rings. The summed E-state index contributed by atoms with van der Waals surface area (Å²) < 4.78 is 30.3. The Bertz CT molecular complexity index is 823. The highest BCUT2D eigenvalue weighted by molar-refractivity contribution is 7.91. The number of rotatable bonds is 2. The summed E-state index contributed by atoms with van der Waals surface area (Å²) in [5, 5.41) is 3.24. The minimum atomic E-state index is -3.30. The summed E-state index contributed by atoms with van der Waals surface area (Å²) >= 11 is 0. The quantitative estimate of drug-likeness (QED) is 0.832. The number of aromatic nitrogens is 1. The number of carbonyl (C=O) groups excluding carboxylic acids is 1. The molecule has 0 aliphatic carbocycles. The molecule has 7 heteroatoms. The van der Waals surface area contributed by atoms with E-state index in [2.05, 4.69) is 5.16 Å². The highest BCUT2D eigenvalue weighted by atomic mass is 32.2. The lowest BCUT2D eigenvalue weighted by Gasteiger charge is -2.19. The smallest absolute Gasteiger partial charge is 0.259 e. The van der Waals surface area contributed by atoms with Gasteiger partial charge in [0.15, 0.2) is 9.84 Å². The molecule has 1 aromatic carbocycles. The second-order valence-corrected chi connectivity index (χ2v) is 8.35. The molecule has 0 bridgehead atoms. The van der Waals surface area contributed by atoms with Gasteiger partial charge in [-0.15, -0.1) is 0 Å². The number of hydrogen-bond donors (Lipinski definition) is 0. The van der Waals surface area contributed by atoms with Crippen molar-refractivity contribution in [3.63, 3.8) is 0 Å². The summed E-state index contributed by atoms with van der Waals surface area (Å²) in [5.74, 6) is 0.209. The van der Waals surface area contributed by atoms with Gasteiger partial charge in [0.05, 0.1) is 16.7 Å². The number of nitrogens with zero attached hydrogens (tertiary/aromatic N) is 2. The molecule has 6 nitrogen and oxygen atoms in total. The molecule has 1 fully saturated rings. The highest BCUT2D eigenvalue weighted by Gasteiger charge is 2.34. The maximum absolute atomic E-state index is 12.7. The van der Waals surface area contributed by atoms with Crippen molar-refractivity contribution >= 4 is 15.7 Å². The van der Waals surface area contributed by atoms with E-state index >= 15 is 0 Å². The van der Waals surface area contributed by atoms with E-state index in [1.807, 2.05) is 30.3 Å². The highest BCUT2D eigenvalue weighted by Crippen LogP contribution is 2.30. The molecular weight excluding hydrogens is 328 g/mol. The molecule has 0 N–H and O–H groups in total. The maximum atomic E-state index is 12.7. The Morgan fingerprint density at radius 3 is 2.54 bits per heavy atom. The van der Waals surface area contributed by atoms with E-state index in [0.29, 0.717) is 30.0 Å². The Morgan fingerprint density at radius 1 is 1.21 bits per heavy atom. The third-order valence-corrected chi connectivity index (χ3v) is 6.57. The van der Waals surface area contributed by atoms with Crippen molar-refractivity contribution in [2.45, 2.75) is 25.5 Å². The summed E-state index contributed by atoms with van der Waals surface area (Å²) in [4.78, 5) is 14.3. The molecule has 2 heterocycles. The van der Waals surface area contributed by atoms with Crippen LogP contribution in [0.15, 0.2) is 34.9 Å². The van der Waals surface area contributed by atoms with Crippen molar-refractivity contribution in [2.24, 2.45) is 0 Å². The summed E-state index contributed by atoms with van der Waals surface area (Å²) in [6, 6.07) is 9.19. The van der Waals surface area contributed by atoms with Gasteiger partial charge in [-0.3, -0.25) is 4.79 Å². The van der Waals surface area contributed by atoms with Gasteiger partial charge in [-0.1, -0.05) is 35.5 Å². The van der Waals surface area contributed by atoms with Crippen molar-refractivity contribution in [1.29, 1.82) is 0 Å². The fourth-order valence-corrected chi connectivity index (χ4v) is 4.93. The van der Waals surface area contributed by atoms with Crippen LogP contribution in [0.3, 0.4) is 0 Å². The Balaban J connectivity index is 1.85. The van der Waals surface area contributed by atoms with E-state index in [0.717, 1.165) is 5.56 Å². The monoisotopic (exact) mass is 348 g/mol. The normalized spacial score (nSPS) is 20.6. The van der Waals surface area contributed by atoms with Crippen LogP contribution in [0.1, 0.15) is 39.0 Å². The number of benzene rings is 1. The van der Waals surface area contributed by atoms with Crippen LogP contribution in [0.2, 0.25) is 0 Å². The first-order valence-electron chi connectivity index (χ1n) is 7.89. The first-order valence-corrected chi connectivity index (χ1v) is 9.60. The van der Waals surface area contributed by atoms with Gasteiger partial charge < -0.3 is 9.42 Å². The Kier molecular flexibility index (Phi) is 4.45. The molecule has 1 saturated heterocycles.